The summed E-state index contributed by atoms with van der Waals surface area (Å²) in [7, 11) is 0. The molecule has 0 amide bonds. The van der Waals surface area contributed by atoms with E-state index < -0.39 is 0 Å². The molecule has 0 radical (unpaired) electrons. The number of hydrogen-bond acceptors (Lipinski definition) is 4. The molecule has 4 nitrogen and oxygen atoms in total. The zero-order valence-electron chi connectivity index (χ0n) is 10.4. The van der Waals surface area contributed by atoms with Crippen LogP contribution in [-0.4, -0.2) is 23.1 Å². The van der Waals surface area contributed by atoms with Gasteiger partial charge in [-0.15, -0.1) is 0 Å². The lowest BCUT2D eigenvalue weighted by molar-refractivity contribution is 0.210. The zero-order chi connectivity index (χ0) is 12.1. The van der Waals surface area contributed by atoms with Gasteiger partial charge in [0.2, 0.25) is 5.88 Å². The molecule has 2 rings (SSSR count). The highest BCUT2D eigenvalue weighted by Crippen LogP contribution is 2.31. The third-order valence-electron chi connectivity index (χ3n) is 3.63. The molecule has 2 N–H and O–H groups in total. The number of nitrogens with two attached hydrogens (primary N) is 1. The number of rotatable bonds is 5. The van der Waals surface area contributed by atoms with Crippen molar-refractivity contribution in [1.29, 1.82) is 0 Å². The monoisotopic (exact) mass is 235 g/mol. The second-order valence-electron chi connectivity index (χ2n) is 4.70. The van der Waals surface area contributed by atoms with Crippen LogP contribution in [0, 0.1) is 11.8 Å². The van der Waals surface area contributed by atoms with E-state index >= 15 is 0 Å². The summed E-state index contributed by atoms with van der Waals surface area (Å²) in [5, 5.41) is 0. The Bertz CT molecular complexity index is 356. The first kappa shape index (κ1) is 12.3. The molecular weight excluding hydrogens is 214 g/mol. The van der Waals surface area contributed by atoms with Gasteiger partial charge in [0.05, 0.1) is 6.61 Å². The molecule has 4 heteroatoms. The third kappa shape index (κ3) is 3.16. The summed E-state index contributed by atoms with van der Waals surface area (Å²) < 4.78 is 5.76. The van der Waals surface area contributed by atoms with Crippen LogP contribution in [0.3, 0.4) is 0 Å². The minimum atomic E-state index is 0.597. The van der Waals surface area contributed by atoms with E-state index in [0.717, 1.165) is 25.3 Å². The van der Waals surface area contributed by atoms with Gasteiger partial charge in [-0.25, -0.2) is 9.97 Å². The van der Waals surface area contributed by atoms with E-state index in [1.165, 1.54) is 19.3 Å². The molecule has 0 bridgehead atoms. The number of aromatic nitrogens is 2. The van der Waals surface area contributed by atoms with Crippen molar-refractivity contribution in [2.75, 3.05) is 13.2 Å². The van der Waals surface area contributed by atoms with Crippen LogP contribution in [0.4, 0.5) is 0 Å². The van der Waals surface area contributed by atoms with Crippen molar-refractivity contribution in [3.8, 4) is 5.88 Å². The number of ether oxygens (including phenoxy) is 1. The van der Waals surface area contributed by atoms with Crippen molar-refractivity contribution < 1.29 is 4.74 Å². The van der Waals surface area contributed by atoms with Crippen LogP contribution in [0.25, 0.3) is 0 Å². The molecule has 17 heavy (non-hydrogen) atoms. The van der Waals surface area contributed by atoms with Gasteiger partial charge in [0.1, 0.15) is 6.33 Å². The highest BCUT2D eigenvalue weighted by molar-refractivity contribution is 5.13. The van der Waals surface area contributed by atoms with Crippen molar-refractivity contribution in [3.05, 3.63) is 18.1 Å². The molecule has 0 saturated heterocycles. The Kier molecular flexibility index (Phi) is 4.31. The van der Waals surface area contributed by atoms with Crippen LogP contribution in [0.1, 0.15) is 31.9 Å². The Morgan fingerprint density at radius 1 is 1.35 bits per heavy atom. The molecule has 0 aromatic carbocycles. The molecule has 1 saturated carbocycles. The lowest BCUT2D eigenvalue weighted by Gasteiger charge is -2.17. The Hall–Kier alpha value is -1.16. The maximum absolute atomic E-state index is 5.76. The van der Waals surface area contributed by atoms with Crippen molar-refractivity contribution in [2.45, 2.75) is 32.6 Å². The predicted octanol–water partition coefficient (Wildman–Crippen LogP) is 1.79. The molecule has 1 aliphatic carbocycles. The molecule has 0 spiro atoms. The first-order valence-corrected chi connectivity index (χ1v) is 6.47. The number of hydrogen-bond donors (Lipinski definition) is 1. The topological polar surface area (TPSA) is 61.0 Å². The Balaban J connectivity index is 1.88. The smallest absolute Gasteiger partial charge is 0.216 e. The summed E-state index contributed by atoms with van der Waals surface area (Å²) in [6.07, 6.45) is 6.24. The van der Waals surface area contributed by atoms with Gasteiger partial charge >= 0.3 is 0 Å². The Labute approximate surface area is 103 Å². The van der Waals surface area contributed by atoms with Crippen LogP contribution in [0.5, 0.6) is 5.88 Å². The third-order valence-corrected chi connectivity index (χ3v) is 3.63. The van der Waals surface area contributed by atoms with E-state index in [1.807, 2.05) is 6.07 Å². The Morgan fingerprint density at radius 3 is 2.94 bits per heavy atom. The van der Waals surface area contributed by atoms with Gasteiger partial charge < -0.3 is 10.5 Å². The molecule has 0 aliphatic heterocycles. The molecule has 1 heterocycles. The number of nitrogens with zero attached hydrogens (tertiary/aromatic N) is 2. The normalized spacial score (nSPS) is 23.9. The van der Waals surface area contributed by atoms with Crippen LogP contribution < -0.4 is 10.5 Å². The number of aryl methyl sites for hydroxylation is 1. The highest BCUT2D eigenvalue weighted by Gasteiger charge is 2.26. The van der Waals surface area contributed by atoms with E-state index in [-0.39, 0.29) is 0 Å². The van der Waals surface area contributed by atoms with Gasteiger partial charge in [0.25, 0.3) is 0 Å². The molecular formula is C13H21N3O. The van der Waals surface area contributed by atoms with E-state index in [2.05, 4.69) is 16.9 Å². The minimum Gasteiger partial charge on any atom is -0.477 e. The van der Waals surface area contributed by atoms with Gasteiger partial charge in [0.15, 0.2) is 0 Å². The molecule has 2 unspecified atom stereocenters. The molecule has 1 aromatic rings. The van der Waals surface area contributed by atoms with E-state index in [9.17, 15) is 0 Å². The quantitative estimate of drug-likeness (QED) is 0.845. The fourth-order valence-corrected chi connectivity index (χ4v) is 2.49. The first-order valence-electron chi connectivity index (χ1n) is 6.47. The fourth-order valence-electron chi connectivity index (χ4n) is 2.49. The van der Waals surface area contributed by atoms with Crippen LogP contribution >= 0.6 is 0 Å². The maximum atomic E-state index is 5.76. The second kappa shape index (κ2) is 5.96. The van der Waals surface area contributed by atoms with Crippen molar-refractivity contribution in [2.24, 2.45) is 17.6 Å². The SMILES string of the molecule is CCc1cc(OCC2CCCC2CN)ncn1. The van der Waals surface area contributed by atoms with E-state index in [4.69, 9.17) is 10.5 Å². The van der Waals surface area contributed by atoms with Crippen molar-refractivity contribution in [1.82, 2.24) is 9.97 Å². The van der Waals surface area contributed by atoms with Crippen LogP contribution in [0.2, 0.25) is 0 Å². The summed E-state index contributed by atoms with van der Waals surface area (Å²) in [5.41, 5.74) is 6.78. The largest absolute Gasteiger partial charge is 0.477 e. The molecule has 2 atom stereocenters. The van der Waals surface area contributed by atoms with Gasteiger partial charge in [-0.2, -0.15) is 0 Å². The van der Waals surface area contributed by atoms with Gasteiger partial charge in [0, 0.05) is 11.8 Å². The minimum absolute atomic E-state index is 0.597. The highest BCUT2D eigenvalue weighted by atomic mass is 16.5. The summed E-state index contributed by atoms with van der Waals surface area (Å²) in [6, 6.07) is 1.92. The summed E-state index contributed by atoms with van der Waals surface area (Å²) in [4.78, 5) is 8.29. The molecule has 1 fully saturated rings. The summed E-state index contributed by atoms with van der Waals surface area (Å²) in [5.74, 6) is 1.92. The average molecular weight is 235 g/mol. The zero-order valence-corrected chi connectivity index (χ0v) is 10.4. The average Bonchev–Trinajstić information content (AvgIpc) is 2.84. The molecule has 94 valence electrons. The van der Waals surface area contributed by atoms with Crippen LogP contribution in [-0.2, 0) is 6.42 Å². The first-order chi connectivity index (χ1) is 8.33. The lowest BCUT2D eigenvalue weighted by Crippen LogP contribution is -2.23. The van der Waals surface area contributed by atoms with Crippen molar-refractivity contribution in [3.63, 3.8) is 0 Å². The van der Waals surface area contributed by atoms with Gasteiger partial charge in [-0.05, 0) is 37.6 Å². The second-order valence-corrected chi connectivity index (χ2v) is 4.70. The molecule has 1 aliphatic rings. The van der Waals surface area contributed by atoms with Crippen molar-refractivity contribution >= 4 is 0 Å². The standard InChI is InChI=1S/C13H21N3O/c1-2-12-6-13(16-9-15-12)17-8-11-5-3-4-10(11)7-14/h6,9-11H,2-5,7-8,14H2,1H3. The van der Waals surface area contributed by atoms with Crippen LogP contribution in [0.15, 0.2) is 12.4 Å². The maximum Gasteiger partial charge on any atom is 0.216 e. The van der Waals surface area contributed by atoms with E-state index in [1.54, 1.807) is 6.33 Å². The summed E-state index contributed by atoms with van der Waals surface area (Å²) in [6.45, 7) is 3.59. The summed E-state index contributed by atoms with van der Waals surface area (Å²) >= 11 is 0. The van der Waals surface area contributed by atoms with Gasteiger partial charge in [-0.1, -0.05) is 13.3 Å². The lowest BCUT2D eigenvalue weighted by atomic mass is 9.97. The van der Waals surface area contributed by atoms with E-state index in [0.29, 0.717) is 17.7 Å². The van der Waals surface area contributed by atoms with Gasteiger partial charge in [-0.3, -0.25) is 0 Å². The molecule has 1 aromatic heterocycles. The predicted molar refractivity (Wildman–Crippen MR) is 66.8 cm³/mol. The Morgan fingerprint density at radius 2 is 2.18 bits per heavy atom. The fraction of sp³-hybridized carbons (Fsp3) is 0.692.